The highest BCUT2D eigenvalue weighted by Gasteiger charge is 2.47. The number of phenols is 1. The predicted molar refractivity (Wildman–Crippen MR) is 124 cm³/mol. The van der Waals surface area contributed by atoms with Crippen molar-refractivity contribution in [3.63, 3.8) is 0 Å². The van der Waals surface area contributed by atoms with Crippen LogP contribution in [0.5, 0.6) is 17.2 Å². The molecule has 1 aliphatic heterocycles. The SMILES string of the molecule is COc1ccc(N2C(=O)C(=O)/C(=C(/O)c3cc(F)ccc3OC)C2c2ccc(O)c(Cl)c2)cc1. The fourth-order valence-corrected chi connectivity index (χ4v) is 4.05. The summed E-state index contributed by atoms with van der Waals surface area (Å²) in [6.07, 6.45) is 0. The lowest BCUT2D eigenvalue weighted by molar-refractivity contribution is -0.132. The lowest BCUT2D eigenvalue weighted by Crippen LogP contribution is -2.29. The van der Waals surface area contributed by atoms with Crippen molar-refractivity contribution in [2.75, 3.05) is 19.1 Å². The number of ketones is 1. The van der Waals surface area contributed by atoms with Crippen molar-refractivity contribution in [3.05, 3.63) is 88.2 Å². The summed E-state index contributed by atoms with van der Waals surface area (Å²) in [6.45, 7) is 0. The molecule has 0 radical (unpaired) electrons. The van der Waals surface area contributed by atoms with Gasteiger partial charge in [-0.2, -0.15) is 0 Å². The number of aliphatic hydroxyl groups excluding tert-OH is 1. The van der Waals surface area contributed by atoms with Gasteiger partial charge in [-0.05, 0) is 60.2 Å². The van der Waals surface area contributed by atoms with E-state index >= 15 is 0 Å². The quantitative estimate of drug-likeness (QED) is 0.306. The van der Waals surface area contributed by atoms with Crippen LogP contribution < -0.4 is 14.4 Å². The number of phenolic OH excluding ortho intramolecular Hbond substituents is 1. The van der Waals surface area contributed by atoms with E-state index in [0.29, 0.717) is 17.0 Å². The van der Waals surface area contributed by atoms with Crippen molar-refractivity contribution in [1.29, 1.82) is 0 Å². The molecule has 0 aliphatic carbocycles. The highest BCUT2D eigenvalue weighted by molar-refractivity contribution is 6.51. The average molecular weight is 484 g/mol. The van der Waals surface area contributed by atoms with Crippen molar-refractivity contribution in [2.45, 2.75) is 6.04 Å². The second kappa shape index (κ2) is 9.07. The minimum Gasteiger partial charge on any atom is -0.507 e. The Bertz CT molecular complexity index is 1320. The number of amides is 1. The van der Waals surface area contributed by atoms with E-state index in [-0.39, 0.29) is 27.7 Å². The molecule has 34 heavy (non-hydrogen) atoms. The number of halogens is 2. The second-order valence-electron chi connectivity index (χ2n) is 7.42. The minimum atomic E-state index is -1.13. The number of Topliss-reactive ketones (excluding diaryl/α,β-unsaturated/α-hetero) is 1. The molecule has 1 aliphatic rings. The summed E-state index contributed by atoms with van der Waals surface area (Å²) in [5.41, 5.74) is 0.314. The van der Waals surface area contributed by atoms with Crippen molar-refractivity contribution in [1.82, 2.24) is 0 Å². The van der Waals surface area contributed by atoms with Crippen molar-refractivity contribution in [2.24, 2.45) is 0 Å². The van der Waals surface area contributed by atoms with Crippen LogP contribution in [0.15, 0.2) is 66.2 Å². The molecule has 3 aromatic carbocycles. The fraction of sp³-hybridized carbons (Fsp3) is 0.120. The molecular formula is C25H19ClFNO6. The number of hydrogen-bond donors (Lipinski definition) is 2. The van der Waals surface area contributed by atoms with Gasteiger partial charge < -0.3 is 19.7 Å². The standard InChI is InChI=1S/C25H19ClFNO6/c1-33-16-7-5-15(6-8-16)28-22(13-3-9-19(29)18(26)11-13)21(24(31)25(28)32)23(30)17-12-14(27)4-10-20(17)34-2/h3-12,22,29-30H,1-2H3/b23-21+. The largest absolute Gasteiger partial charge is 0.507 e. The fourth-order valence-electron chi connectivity index (χ4n) is 3.86. The molecule has 2 N–H and O–H groups in total. The number of carbonyl (C=O) groups excluding carboxylic acids is 2. The summed E-state index contributed by atoms with van der Waals surface area (Å²) in [7, 11) is 2.82. The molecule has 1 heterocycles. The Morgan fingerprint density at radius 2 is 1.71 bits per heavy atom. The smallest absolute Gasteiger partial charge is 0.300 e. The molecule has 174 valence electrons. The number of aliphatic hydroxyl groups is 1. The van der Waals surface area contributed by atoms with Gasteiger partial charge >= 0.3 is 0 Å². The number of carbonyl (C=O) groups is 2. The van der Waals surface area contributed by atoms with Crippen LogP contribution in [0.4, 0.5) is 10.1 Å². The Balaban J connectivity index is 1.98. The van der Waals surface area contributed by atoms with Gasteiger partial charge in [-0.25, -0.2) is 4.39 Å². The first kappa shape index (κ1) is 23.1. The van der Waals surface area contributed by atoms with Crippen LogP contribution in [-0.2, 0) is 9.59 Å². The van der Waals surface area contributed by atoms with E-state index in [1.54, 1.807) is 24.3 Å². The van der Waals surface area contributed by atoms with E-state index in [4.69, 9.17) is 21.1 Å². The Morgan fingerprint density at radius 3 is 2.32 bits per heavy atom. The molecule has 7 nitrogen and oxygen atoms in total. The molecule has 9 heteroatoms. The van der Waals surface area contributed by atoms with Gasteiger partial charge in [-0.15, -0.1) is 0 Å². The number of benzene rings is 3. The van der Waals surface area contributed by atoms with Gasteiger partial charge in [0.15, 0.2) is 0 Å². The number of ether oxygens (including phenoxy) is 2. The van der Waals surface area contributed by atoms with Crippen molar-refractivity contribution >= 4 is 34.7 Å². The number of aromatic hydroxyl groups is 1. The maximum Gasteiger partial charge on any atom is 0.300 e. The first-order valence-corrected chi connectivity index (χ1v) is 10.4. The van der Waals surface area contributed by atoms with E-state index in [1.165, 1.54) is 43.4 Å². The Hall–Kier alpha value is -4.04. The van der Waals surface area contributed by atoms with Crippen LogP contribution in [-0.4, -0.2) is 36.1 Å². The minimum absolute atomic E-state index is 0.0128. The van der Waals surface area contributed by atoms with Gasteiger partial charge in [0.25, 0.3) is 11.7 Å². The van der Waals surface area contributed by atoms with Crippen molar-refractivity contribution in [3.8, 4) is 17.2 Å². The summed E-state index contributed by atoms with van der Waals surface area (Å²) in [5, 5.41) is 21.0. The zero-order valence-corrected chi connectivity index (χ0v) is 18.8. The molecule has 1 saturated heterocycles. The maximum absolute atomic E-state index is 14.0. The molecular weight excluding hydrogens is 465 g/mol. The molecule has 1 atom stereocenters. The molecule has 1 amide bonds. The molecule has 0 saturated carbocycles. The van der Waals surface area contributed by atoms with Crippen LogP contribution in [0.2, 0.25) is 5.02 Å². The first-order chi connectivity index (χ1) is 16.3. The van der Waals surface area contributed by atoms with Crippen LogP contribution in [0, 0.1) is 5.82 Å². The first-order valence-electron chi connectivity index (χ1n) is 10.0. The van der Waals surface area contributed by atoms with Crippen LogP contribution in [0.25, 0.3) is 5.76 Å². The number of nitrogens with zero attached hydrogens (tertiary/aromatic N) is 1. The zero-order chi connectivity index (χ0) is 24.6. The molecule has 3 aromatic rings. The zero-order valence-electron chi connectivity index (χ0n) is 18.1. The topological polar surface area (TPSA) is 96.3 Å². The summed E-state index contributed by atoms with van der Waals surface area (Å²) in [6, 6.07) is 12.9. The van der Waals surface area contributed by atoms with Crippen molar-refractivity contribution < 1.29 is 33.7 Å². The highest BCUT2D eigenvalue weighted by Crippen LogP contribution is 2.44. The molecule has 0 aromatic heterocycles. The normalized spacial score (nSPS) is 17.2. The van der Waals surface area contributed by atoms with Crippen LogP contribution in [0.3, 0.4) is 0 Å². The van der Waals surface area contributed by atoms with Gasteiger partial charge in [0.05, 0.1) is 36.4 Å². The Morgan fingerprint density at radius 1 is 1.00 bits per heavy atom. The third-order valence-electron chi connectivity index (χ3n) is 5.50. The Kier molecular flexibility index (Phi) is 6.17. The highest BCUT2D eigenvalue weighted by atomic mass is 35.5. The molecule has 4 rings (SSSR count). The van der Waals surface area contributed by atoms with E-state index in [2.05, 4.69) is 0 Å². The third kappa shape index (κ3) is 3.92. The molecule has 0 bridgehead atoms. The van der Waals surface area contributed by atoms with Gasteiger partial charge in [0.1, 0.15) is 28.8 Å². The number of hydrogen-bond acceptors (Lipinski definition) is 6. The number of rotatable bonds is 5. The second-order valence-corrected chi connectivity index (χ2v) is 7.83. The third-order valence-corrected chi connectivity index (χ3v) is 5.80. The predicted octanol–water partition coefficient (Wildman–Crippen LogP) is 4.83. The van der Waals surface area contributed by atoms with Gasteiger partial charge in [-0.3, -0.25) is 14.5 Å². The van der Waals surface area contributed by atoms with Crippen LogP contribution in [0.1, 0.15) is 17.2 Å². The number of anilines is 1. The number of methoxy groups -OCH3 is 2. The van der Waals surface area contributed by atoms with E-state index < -0.39 is 29.3 Å². The van der Waals surface area contributed by atoms with E-state index in [1.807, 2.05) is 0 Å². The van der Waals surface area contributed by atoms with Gasteiger partial charge in [-0.1, -0.05) is 17.7 Å². The summed E-state index contributed by atoms with van der Waals surface area (Å²) in [4.78, 5) is 27.6. The van der Waals surface area contributed by atoms with Crippen LogP contribution >= 0.6 is 11.6 Å². The summed E-state index contributed by atoms with van der Waals surface area (Å²) in [5.74, 6) is -2.72. The molecule has 0 spiro atoms. The van der Waals surface area contributed by atoms with Gasteiger partial charge in [0.2, 0.25) is 0 Å². The monoisotopic (exact) mass is 483 g/mol. The molecule has 1 fully saturated rings. The lowest BCUT2D eigenvalue weighted by atomic mass is 9.94. The lowest BCUT2D eigenvalue weighted by Gasteiger charge is -2.26. The van der Waals surface area contributed by atoms with E-state index in [0.717, 1.165) is 12.1 Å². The average Bonchev–Trinajstić information content (AvgIpc) is 3.10. The summed E-state index contributed by atoms with van der Waals surface area (Å²) < 4.78 is 24.4. The van der Waals surface area contributed by atoms with E-state index in [9.17, 15) is 24.2 Å². The maximum atomic E-state index is 14.0. The Labute approximate surface area is 199 Å². The summed E-state index contributed by atoms with van der Waals surface area (Å²) >= 11 is 6.11. The van der Waals surface area contributed by atoms with Gasteiger partial charge in [0, 0.05) is 5.69 Å². The molecule has 1 unspecified atom stereocenters.